The molecule has 0 heterocycles. The van der Waals surface area contributed by atoms with Crippen LogP contribution >= 0.6 is 11.6 Å². The lowest BCUT2D eigenvalue weighted by Crippen LogP contribution is -2.30. The third-order valence-electron chi connectivity index (χ3n) is 10.4. The SMILES string of the molecule is Nc1ccc(-c2cc3ccccc3c3ccccc23)cc1-c1ccccc1.Nc1ccc(Cl)cc1-c1ccccc1.OB(O)c1cc2ccccc2c2ccccc12. The second-order valence-corrected chi connectivity index (χ2v) is 14.5. The number of benzene rings is 10. The van der Waals surface area contributed by atoms with E-state index in [2.05, 4.69) is 78.9 Å². The summed E-state index contributed by atoms with van der Waals surface area (Å²) in [6.07, 6.45) is 0. The molecule has 0 amide bonds. The van der Waals surface area contributed by atoms with Crippen molar-refractivity contribution >= 4 is 78.6 Å². The number of hydrogen-bond donors (Lipinski definition) is 4. The quantitative estimate of drug-likeness (QED) is 0.0814. The van der Waals surface area contributed by atoms with Gasteiger partial charge in [0.05, 0.1) is 0 Å². The molecule has 280 valence electrons. The van der Waals surface area contributed by atoms with Crippen LogP contribution in [0.25, 0.3) is 76.5 Å². The van der Waals surface area contributed by atoms with Gasteiger partial charge in [-0.25, -0.2) is 0 Å². The van der Waals surface area contributed by atoms with Crippen LogP contribution in [0.2, 0.25) is 5.02 Å². The molecule has 0 atom stereocenters. The number of fused-ring (bicyclic) bond motifs is 6. The number of rotatable bonds is 4. The molecule has 0 bridgehead atoms. The third-order valence-corrected chi connectivity index (χ3v) is 10.6. The lowest BCUT2D eigenvalue weighted by Gasteiger charge is -2.13. The van der Waals surface area contributed by atoms with E-state index in [4.69, 9.17) is 23.1 Å². The zero-order chi connectivity index (χ0) is 40.0. The van der Waals surface area contributed by atoms with Crippen molar-refractivity contribution in [1.29, 1.82) is 0 Å². The van der Waals surface area contributed by atoms with Gasteiger partial charge in [-0.1, -0.05) is 181 Å². The summed E-state index contributed by atoms with van der Waals surface area (Å²) in [4.78, 5) is 0. The van der Waals surface area contributed by atoms with E-state index < -0.39 is 7.12 Å². The van der Waals surface area contributed by atoms with Crippen molar-refractivity contribution in [2.75, 3.05) is 11.5 Å². The van der Waals surface area contributed by atoms with Crippen LogP contribution in [-0.4, -0.2) is 17.2 Å². The van der Waals surface area contributed by atoms with Gasteiger partial charge >= 0.3 is 7.12 Å². The first-order valence-corrected chi connectivity index (χ1v) is 19.5. The molecule has 0 spiro atoms. The Morgan fingerprint density at radius 2 is 0.776 bits per heavy atom. The molecule has 6 N–H and O–H groups in total. The summed E-state index contributed by atoms with van der Waals surface area (Å²) in [5.41, 5.74) is 21.0. The van der Waals surface area contributed by atoms with E-state index >= 15 is 0 Å². The van der Waals surface area contributed by atoms with E-state index in [1.54, 1.807) is 6.07 Å². The lowest BCUT2D eigenvalue weighted by molar-refractivity contribution is 0.426. The second kappa shape index (κ2) is 17.1. The monoisotopic (exact) mass is 770 g/mol. The van der Waals surface area contributed by atoms with Gasteiger partial charge in [0, 0.05) is 27.5 Å². The van der Waals surface area contributed by atoms with E-state index in [-0.39, 0.29) is 0 Å². The highest BCUT2D eigenvalue weighted by Crippen LogP contribution is 2.38. The van der Waals surface area contributed by atoms with Gasteiger partial charge in [0.15, 0.2) is 0 Å². The fraction of sp³-hybridized carbons (Fsp3) is 0. The number of nitrogens with two attached hydrogens (primary N) is 2. The average molecular weight is 771 g/mol. The third kappa shape index (κ3) is 8.01. The molecule has 58 heavy (non-hydrogen) atoms. The molecule has 0 aromatic heterocycles. The fourth-order valence-electron chi connectivity index (χ4n) is 7.58. The minimum atomic E-state index is -1.44. The maximum atomic E-state index is 9.44. The fourth-order valence-corrected chi connectivity index (χ4v) is 7.75. The minimum absolute atomic E-state index is 0.555. The molecule has 10 aromatic rings. The van der Waals surface area contributed by atoms with Crippen LogP contribution in [0, 0.1) is 0 Å². The Kier molecular flexibility index (Phi) is 11.2. The van der Waals surface area contributed by atoms with Gasteiger partial charge in [-0.05, 0) is 107 Å². The number of hydrogen-bond acceptors (Lipinski definition) is 4. The first kappa shape index (κ1) is 38.0. The Morgan fingerprint density at radius 1 is 0.345 bits per heavy atom. The van der Waals surface area contributed by atoms with Crippen LogP contribution in [0.3, 0.4) is 0 Å². The van der Waals surface area contributed by atoms with Crippen molar-refractivity contribution < 1.29 is 10.0 Å². The molecule has 4 nitrogen and oxygen atoms in total. The highest BCUT2D eigenvalue weighted by molar-refractivity contribution is 6.62. The van der Waals surface area contributed by atoms with Crippen LogP contribution < -0.4 is 16.9 Å². The number of anilines is 2. The summed E-state index contributed by atoms with van der Waals surface area (Å²) in [7, 11) is -1.44. The largest absolute Gasteiger partial charge is 0.489 e. The van der Waals surface area contributed by atoms with Gasteiger partial charge in [0.1, 0.15) is 0 Å². The summed E-state index contributed by atoms with van der Waals surface area (Å²) < 4.78 is 0. The number of halogens is 1. The minimum Gasteiger partial charge on any atom is -0.423 e. The second-order valence-electron chi connectivity index (χ2n) is 14.1. The molecule has 0 unspecified atom stereocenters. The van der Waals surface area contributed by atoms with E-state index in [0.717, 1.165) is 55.2 Å². The maximum absolute atomic E-state index is 9.44. The maximum Gasteiger partial charge on any atom is 0.489 e. The summed E-state index contributed by atoms with van der Waals surface area (Å²) in [6, 6.07) is 69.2. The molecule has 10 aromatic carbocycles. The van der Waals surface area contributed by atoms with E-state index in [9.17, 15) is 10.0 Å². The molecule has 0 aliphatic heterocycles. The van der Waals surface area contributed by atoms with Gasteiger partial charge in [-0.15, -0.1) is 0 Å². The zero-order valence-electron chi connectivity index (χ0n) is 31.6. The molecule has 0 fully saturated rings. The smallest absolute Gasteiger partial charge is 0.423 e. The molecular weight excluding hydrogens is 731 g/mol. The van der Waals surface area contributed by atoms with Crippen LogP contribution in [-0.2, 0) is 0 Å². The van der Waals surface area contributed by atoms with Crippen LogP contribution in [0.15, 0.2) is 206 Å². The van der Waals surface area contributed by atoms with Crippen molar-refractivity contribution in [3.8, 4) is 33.4 Å². The van der Waals surface area contributed by atoms with Gasteiger partial charge in [-0.2, -0.15) is 0 Å². The zero-order valence-corrected chi connectivity index (χ0v) is 32.4. The van der Waals surface area contributed by atoms with Gasteiger partial charge in [0.2, 0.25) is 0 Å². The van der Waals surface area contributed by atoms with Gasteiger partial charge < -0.3 is 21.5 Å². The molecule has 0 saturated carbocycles. The molecule has 0 aliphatic carbocycles. The van der Waals surface area contributed by atoms with Crippen molar-refractivity contribution in [3.63, 3.8) is 0 Å². The first-order chi connectivity index (χ1) is 28.4. The standard InChI is InChI=1S/C26H19N.C14H11BO2.C12H10ClN/c27-26-15-14-20(17-25(26)18-8-2-1-3-9-18)24-16-19-10-4-5-11-21(19)22-12-6-7-13-23(22)24;16-15(17)14-9-10-5-1-2-6-11(10)12-7-3-4-8-13(12)14;13-10-6-7-12(14)11(8-10)9-4-2-1-3-5-9/h1-17H,27H2;1-9,16-17H;1-8H,14H2. The molecule has 0 aliphatic rings. The molecule has 6 heteroatoms. The Hall–Kier alpha value is -6.89. The van der Waals surface area contributed by atoms with E-state index in [1.165, 1.54) is 32.7 Å². The average Bonchev–Trinajstić information content (AvgIpc) is 3.28. The Labute approximate surface area is 343 Å². The topological polar surface area (TPSA) is 92.5 Å². The Balaban J connectivity index is 0.000000130. The highest BCUT2D eigenvalue weighted by Gasteiger charge is 2.16. The van der Waals surface area contributed by atoms with E-state index in [1.807, 2.05) is 121 Å². The molecule has 0 saturated heterocycles. The summed E-state index contributed by atoms with van der Waals surface area (Å²) >= 11 is 5.91. The van der Waals surface area contributed by atoms with Gasteiger partial charge in [-0.3, -0.25) is 0 Å². The predicted molar refractivity (Wildman–Crippen MR) is 249 cm³/mol. The van der Waals surface area contributed by atoms with Crippen molar-refractivity contribution in [1.82, 2.24) is 0 Å². The molecular formula is C52H40BClN2O2. The summed E-state index contributed by atoms with van der Waals surface area (Å²) in [5, 5.41) is 28.8. The lowest BCUT2D eigenvalue weighted by atomic mass is 9.76. The molecule has 10 rings (SSSR count). The summed E-state index contributed by atoms with van der Waals surface area (Å²) in [6.45, 7) is 0. The Morgan fingerprint density at radius 3 is 1.34 bits per heavy atom. The van der Waals surface area contributed by atoms with Crippen molar-refractivity contribution in [2.24, 2.45) is 0 Å². The highest BCUT2D eigenvalue weighted by atomic mass is 35.5. The number of nitrogen functional groups attached to an aromatic ring is 2. The van der Waals surface area contributed by atoms with Crippen LogP contribution in [0.1, 0.15) is 0 Å². The Bertz CT molecular complexity index is 3030. The van der Waals surface area contributed by atoms with Gasteiger partial charge in [0.25, 0.3) is 0 Å². The normalized spacial score (nSPS) is 10.8. The summed E-state index contributed by atoms with van der Waals surface area (Å²) in [5.74, 6) is 0. The first-order valence-electron chi connectivity index (χ1n) is 19.1. The van der Waals surface area contributed by atoms with Crippen molar-refractivity contribution in [3.05, 3.63) is 211 Å². The van der Waals surface area contributed by atoms with Crippen LogP contribution in [0.4, 0.5) is 11.4 Å². The van der Waals surface area contributed by atoms with E-state index in [0.29, 0.717) is 10.5 Å². The van der Waals surface area contributed by atoms with Crippen molar-refractivity contribution in [2.45, 2.75) is 0 Å². The van der Waals surface area contributed by atoms with Crippen LogP contribution in [0.5, 0.6) is 0 Å². The molecule has 0 radical (unpaired) electrons. The predicted octanol–water partition coefficient (Wildman–Crippen LogP) is 12.2.